The molecule has 0 fully saturated rings. The summed E-state index contributed by atoms with van der Waals surface area (Å²) in [7, 11) is 3.44. The molecule has 0 heterocycles. The lowest BCUT2D eigenvalue weighted by Gasteiger charge is -2.21. The fourth-order valence-corrected chi connectivity index (χ4v) is 1.01. The summed E-state index contributed by atoms with van der Waals surface area (Å²) >= 11 is 0. The van der Waals surface area contributed by atoms with E-state index in [1.807, 2.05) is 0 Å². The second-order valence-corrected chi connectivity index (χ2v) is 3.25. The predicted octanol–water partition coefficient (Wildman–Crippen LogP) is 0.893. The van der Waals surface area contributed by atoms with Gasteiger partial charge < -0.3 is 14.8 Å². The third-order valence-electron chi connectivity index (χ3n) is 1.86. The van der Waals surface area contributed by atoms with Crippen LogP contribution in [0.2, 0.25) is 0 Å². The molecule has 0 rings (SSSR count). The Morgan fingerprint density at radius 2 is 1.83 bits per heavy atom. The molecule has 1 unspecified atom stereocenters. The van der Waals surface area contributed by atoms with Gasteiger partial charge in [0.05, 0.1) is 13.2 Å². The minimum absolute atomic E-state index is 0.435. The van der Waals surface area contributed by atoms with Gasteiger partial charge in [0.15, 0.2) is 0 Å². The first-order valence-electron chi connectivity index (χ1n) is 4.43. The molecule has 0 radical (unpaired) electrons. The normalized spacial score (nSPS) is 13.8. The van der Waals surface area contributed by atoms with Crippen molar-refractivity contribution in [3.8, 4) is 0 Å². The van der Waals surface area contributed by atoms with Gasteiger partial charge in [0.2, 0.25) is 0 Å². The van der Waals surface area contributed by atoms with Gasteiger partial charge in [0, 0.05) is 26.8 Å². The number of nitrogens with one attached hydrogen (secondary N) is 1. The molecule has 74 valence electrons. The van der Waals surface area contributed by atoms with Crippen molar-refractivity contribution >= 4 is 0 Å². The Hall–Kier alpha value is -0.120. The summed E-state index contributed by atoms with van der Waals surface area (Å²) < 4.78 is 10.0. The van der Waals surface area contributed by atoms with Gasteiger partial charge in [-0.2, -0.15) is 0 Å². The van der Waals surface area contributed by atoms with Crippen LogP contribution in [0.5, 0.6) is 0 Å². The molecule has 0 aliphatic rings. The molecular formula is C9H21NO2. The molecule has 12 heavy (non-hydrogen) atoms. The summed E-state index contributed by atoms with van der Waals surface area (Å²) in [4.78, 5) is 0. The van der Waals surface area contributed by atoms with Crippen molar-refractivity contribution in [3.05, 3.63) is 0 Å². The largest absolute Gasteiger partial charge is 0.383 e. The van der Waals surface area contributed by atoms with Gasteiger partial charge >= 0.3 is 0 Å². The molecule has 0 saturated carbocycles. The van der Waals surface area contributed by atoms with Crippen LogP contribution in [0.3, 0.4) is 0 Å². The lowest BCUT2D eigenvalue weighted by molar-refractivity contribution is 0.136. The third-order valence-corrected chi connectivity index (χ3v) is 1.86. The lowest BCUT2D eigenvalue weighted by Crippen LogP contribution is -2.39. The van der Waals surface area contributed by atoms with E-state index in [1.165, 1.54) is 0 Å². The van der Waals surface area contributed by atoms with Crippen LogP contribution in [0, 0.1) is 5.92 Å². The maximum Gasteiger partial charge on any atom is 0.0618 e. The molecule has 0 aliphatic carbocycles. The summed E-state index contributed by atoms with van der Waals surface area (Å²) in [5.41, 5.74) is 0. The van der Waals surface area contributed by atoms with E-state index < -0.39 is 0 Å². The van der Waals surface area contributed by atoms with Crippen LogP contribution < -0.4 is 5.32 Å². The summed E-state index contributed by atoms with van der Waals surface area (Å²) in [5.74, 6) is 0.599. The van der Waals surface area contributed by atoms with E-state index in [0.29, 0.717) is 12.0 Å². The van der Waals surface area contributed by atoms with Crippen LogP contribution in [0.25, 0.3) is 0 Å². The minimum Gasteiger partial charge on any atom is -0.383 e. The topological polar surface area (TPSA) is 30.5 Å². The van der Waals surface area contributed by atoms with Crippen LogP contribution in [0.1, 0.15) is 13.8 Å². The second kappa shape index (κ2) is 7.53. The predicted molar refractivity (Wildman–Crippen MR) is 50.4 cm³/mol. The van der Waals surface area contributed by atoms with Crippen LogP contribution >= 0.6 is 0 Å². The number of rotatable bonds is 7. The highest BCUT2D eigenvalue weighted by molar-refractivity contribution is 4.69. The number of hydrogen-bond donors (Lipinski definition) is 1. The average Bonchev–Trinajstić information content (AvgIpc) is 2.03. The molecule has 3 nitrogen and oxygen atoms in total. The summed E-state index contributed by atoms with van der Waals surface area (Å²) in [5, 5.41) is 3.37. The Kier molecular flexibility index (Phi) is 7.45. The van der Waals surface area contributed by atoms with Crippen molar-refractivity contribution < 1.29 is 9.47 Å². The van der Waals surface area contributed by atoms with Gasteiger partial charge in [-0.05, 0) is 5.92 Å². The first-order valence-corrected chi connectivity index (χ1v) is 4.43. The van der Waals surface area contributed by atoms with Crippen LogP contribution in [0.15, 0.2) is 0 Å². The van der Waals surface area contributed by atoms with Crippen molar-refractivity contribution in [1.82, 2.24) is 5.32 Å². The SMILES string of the molecule is COCCNC(COC)C(C)C. The first-order chi connectivity index (χ1) is 5.72. The molecule has 0 aromatic carbocycles. The molecule has 3 heteroatoms. The maximum atomic E-state index is 5.09. The van der Waals surface area contributed by atoms with E-state index >= 15 is 0 Å². The first kappa shape index (κ1) is 11.9. The van der Waals surface area contributed by atoms with E-state index in [1.54, 1.807) is 14.2 Å². The van der Waals surface area contributed by atoms with Gasteiger partial charge in [-0.1, -0.05) is 13.8 Å². The van der Waals surface area contributed by atoms with Gasteiger partial charge in [0.1, 0.15) is 0 Å². The van der Waals surface area contributed by atoms with Gasteiger partial charge in [0.25, 0.3) is 0 Å². The Labute approximate surface area is 75.4 Å². The number of ether oxygens (including phenoxy) is 2. The van der Waals surface area contributed by atoms with Crippen molar-refractivity contribution in [2.24, 2.45) is 5.92 Å². The van der Waals surface area contributed by atoms with E-state index in [9.17, 15) is 0 Å². The zero-order valence-electron chi connectivity index (χ0n) is 8.59. The van der Waals surface area contributed by atoms with Crippen LogP contribution in [0.4, 0.5) is 0 Å². The molecule has 0 aliphatic heterocycles. The monoisotopic (exact) mass is 175 g/mol. The van der Waals surface area contributed by atoms with Crippen molar-refractivity contribution in [2.45, 2.75) is 19.9 Å². The number of hydrogen-bond acceptors (Lipinski definition) is 3. The fourth-order valence-electron chi connectivity index (χ4n) is 1.01. The molecule has 0 bridgehead atoms. The van der Waals surface area contributed by atoms with Gasteiger partial charge in [-0.3, -0.25) is 0 Å². The highest BCUT2D eigenvalue weighted by atomic mass is 16.5. The van der Waals surface area contributed by atoms with Gasteiger partial charge in [-0.25, -0.2) is 0 Å². The Bertz CT molecular complexity index is 96.5. The van der Waals surface area contributed by atoms with E-state index in [4.69, 9.17) is 9.47 Å². The zero-order chi connectivity index (χ0) is 9.40. The molecule has 1 N–H and O–H groups in total. The Morgan fingerprint density at radius 3 is 2.25 bits per heavy atom. The van der Waals surface area contributed by atoms with E-state index in [2.05, 4.69) is 19.2 Å². The molecule has 1 atom stereocenters. The van der Waals surface area contributed by atoms with E-state index in [-0.39, 0.29) is 0 Å². The summed E-state index contributed by atoms with van der Waals surface area (Å²) in [6.45, 7) is 6.78. The zero-order valence-corrected chi connectivity index (χ0v) is 8.59. The maximum absolute atomic E-state index is 5.09. The smallest absolute Gasteiger partial charge is 0.0618 e. The quantitative estimate of drug-likeness (QED) is 0.583. The van der Waals surface area contributed by atoms with Crippen LogP contribution in [-0.2, 0) is 9.47 Å². The van der Waals surface area contributed by atoms with Crippen molar-refractivity contribution in [3.63, 3.8) is 0 Å². The second-order valence-electron chi connectivity index (χ2n) is 3.25. The van der Waals surface area contributed by atoms with Crippen LogP contribution in [-0.4, -0.2) is 40.0 Å². The summed E-state index contributed by atoms with van der Waals surface area (Å²) in [6, 6.07) is 0.435. The molecular weight excluding hydrogens is 154 g/mol. The minimum atomic E-state index is 0.435. The van der Waals surface area contributed by atoms with Crippen molar-refractivity contribution in [2.75, 3.05) is 34.0 Å². The van der Waals surface area contributed by atoms with E-state index in [0.717, 1.165) is 19.8 Å². The Morgan fingerprint density at radius 1 is 1.17 bits per heavy atom. The molecule has 0 amide bonds. The molecule has 0 aromatic rings. The standard InChI is InChI=1S/C9H21NO2/c1-8(2)9(7-12-4)10-5-6-11-3/h8-10H,5-7H2,1-4H3. The van der Waals surface area contributed by atoms with Gasteiger partial charge in [-0.15, -0.1) is 0 Å². The third kappa shape index (κ3) is 5.52. The Balaban J connectivity index is 3.49. The highest BCUT2D eigenvalue weighted by Gasteiger charge is 2.10. The molecule has 0 saturated heterocycles. The van der Waals surface area contributed by atoms with Crippen molar-refractivity contribution in [1.29, 1.82) is 0 Å². The fraction of sp³-hybridized carbons (Fsp3) is 1.00. The molecule has 0 aromatic heterocycles. The number of methoxy groups -OCH3 is 2. The summed E-state index contributed by atoms with van der Waals surface area (Å²) in [6.07, 6.45) is 0. The lowest BCUT2D eigenvalue weighted by atomic mass is 10.1. The highest BCUT2D eigenvalue weighted by Crippen LogP contribution is 2.00. The molecule has 0 spiro atoms. The average molecular weight is 175 g/mol.